The van der Waals surface area contributed by atoms with Crippen LogP contribution >= 0.6 is 0 Å². The molecular weight excluding hydrogens is 552 g/mol. The third-order valence-corrected chi connectivity index (χ3v) is 12.8. The van der Waals surface area contributed by atoms with Gasteiger partial charge in [0.15, 0.2) is 0 Å². The summed E-state index contributed by atoms with van der Waals surface area (Å²) in [6, 6.07) is 4.97. The number of rotatable bonds is 7. The molecule has 0 heterocycles. The maximum Gasteiger partial charge on any atom is 0.431 e. The van der Waals surface area contributed by atoms with Crippen molar-refractivity contribution in [2.75, 3.05) is 0 Å². The Hall–Kier alpha value is -1.15. The first-order valence-electron chi connectivity index (χ1n) is 16.4. The predicted molar refractivity (Wildman–Crippen MR) is 152 cm³/mol. The molecule has 8 heteroatoms. The van der Waals surface area contributed by atoms with E-state index in [0.717, 1.165) is 25.7 Å². The minimum atomic E-state index is -6.22. The van der Waals surface area contributed by atoms with E-state index in [1.807, 2.05) is 0 Å². The molecule has 230 valence electrons. The fraction of sp³-hybridized carbons (Fsp3) is 0.818. The van der Waals surface area contributed by atoms with Crippen molar-refractivity contribution in [1.82, 2.24) is 0 Å². The molecule has 1 aromatic rings. The maximum absolute atomic E-state index is 15.1. The molecule has 0 radical (unpaired) electrons. The molecule has 0 amide bonds. The van der Waals surface area contributed by atoms with Gasteiger partial charge in [-0.1, -0.05) is 69.9 Å². The summed E-state index contributed by atoms with van der Waals surface area (Å²) < 4.78 is 90.4. The molecule has 1 N–H and O–H groups in total. The Balaban J connectivity index is 1.39. The molecule has 0 aromatic heterocycles. The van der Waals surface area contributed by atoms with Crippen LogP contribution in [0, 0.1) is 17.8 Å². The molecular formula is C33H46F4O3S. The third kappa shape index (κ3) is 5.40. The van der Waals surface area contributed by atoms with Crippen LogP contribution in [0.4, 0.5) is 17.6 Å². The zero-order valence-electron chi connectivity index (χ0n) is 24.1. The normalized spacial score (nSPS) is 31.1. The smallest absolute Gasteiger partial charge is 0.281 e. The summed E-state index contributed by atoms with van der Waals surface area (Å²) in [6.45, 7) is 0. The van der Waals surface area contributed by atoms with Gasteiger partial charge in [-0.3, -0.25) is 4.55 Å². The minimum absolute atomic E-state index is 0.0562. The summed E-state index contributed by atoms with van der Waals surface area (Å²) in [6.07, 6.45) is 18.9. The van der Waals surface area contributed by atoms with Crippen molar-refractivity contribution in [2.45, 2.75) is 150 Å². The number of fused-ring (bicyclic) bond motifs is 2. The number of alkyl halides is 4. The van der Waals surface area contributed by atoms with Crippen molar-refractivity contribution in [3.05, 3.63) is 34.4 Å². The standard InChI is InChI=1S/C33H46F4O3S/c34-32(35,33(36,37)41(38,39)40)30-20-25-16-26(30)19-29(25)31-27(22-12-6-2-7-13-22)17-24(21-10-4-1-5-11-21)18-28(31)23-14-8-3-9-15-23/h17-18,21-23,25-26,29-30H,1-16,19-20H2,(H,38,39,40). The lowest BCUT2D eigenvalue weighted by atomic mass is 9.67. The Morgan fingerprint density at radius 2 is 1.10 bits per heavy atom. The number of hydrogen-bond donors (Lipinski definition) is 1. The van der Waals surface area contributed by atoms with Crippen LogP contribution in [-0.4, -0.2) is 24.1 Å². The van der Waals surface area contributed by atoms with Gasteiger partial charge in [0, 0.05) is 5.92 Å². The third-order valence-electron chi connectivity index (χ3n) is 11.8. The van der Waals surface area contributed by atoms with E-state index in [0.29, 0.717) is 30.6 Å². The first-order chi connectivity index (χ1) is 19.5. The number of hydrogen-bond acceptors (Lipinski definition) is 2. The molecule has 0 saturated heterocycles. The van der Waals surface area contributed by atoms with Crippen molar-refractivity contribution >= 4 is 10.1 Å². The Bertz CT molecular complexity index is 1160. The van der Waals surface area contributed by atoms with Gasteiger partial charge < -0.3 is 0 Å². The fourth-order valence-electron chi connectivity index (χ4n) is 9.79. The van der Waals surface area contributed by atoms with E-state index in [9.17, 15) is 17.2 Å². The maximum atomic E-state index is 15.1. The lowest BCUT2D eigenvalue weighted by molar-refractivity contribution is -0.203. The van der Waals surface area contributed by atoms with Crippen LogP contribution in [0.1, 0.15) is 162 Å². The molecule has 5 saturated carbocycles. The van der Waals surface area contributed by atoms with Crippen LogP contribution in [0.25, 0.3) is 0 Å². The van der Waals surface area contributed by atoms with E-state index in [1.54, 1.807) is 0 Å². The summed E-state index contributed by atoms with van der Waals surface area (Å²) >= 11 is 0. The van der Waals surface area contributed by atoms with E-state index >= 15 is 8.78 Å². The van der Waals surface area contributed by atoms with E-state index in [2.05, 4.69) is 12.1 Å². The average molecular weight is 599 g/mol. The van der Waals surface area contributed by atoms with Crippen molar-refractivity contribution < 1.29 is 30.5 Å². The molecule has 5 aliphatic rings. The van der Waals surface area contributed by atoms with E-state index in [1.165, 1.54) is 92.9 Å². The molecule has 1 aromatic carbocycles. The quantitative estimate of drug-likeness (QED) is 0.251. The highest BCUT2D eigenvalue weighted by molar-refractivity contribution is 7.87. The van der Waals surface area contributed by atoms with Crippen molar-refractivity contribution in [1.29, 1.82) is 0 Å². The summed E-state index contributed by atoms with van der Waals surface area (Å²) in [5.74, 6) is -5.82. The lowest BCUT2D eigenvalue weighted by Gasteiger charge is -2.39. The molecule has 2 bridgehead atoms. The van der Waals surface area contributed by atoms with Crippen LogP contribution < -0.4 is 0 Å². The van der Waals surface area contributed by atoms with Crippen molar-refractivity contribution in [2.24, 2.45) is 17.8 Å². The second kappa shape index (κ2) is 11.4. The first-order valence-corrected chi connectivity index (χ1v) is 17.8. The van der Waals surface area contributed by atoms with Crippen LogP contribution in [0.15, 0.2) is 12.1 Å². The number of benzene rings is 1. The second-order valence-electron chi connectivity index (χ2n) is 14.2. The second-order valence-corrected chi connectivity index (χ2v) is 15.6. The van der Waals surface area contributed by atoms with Crippen LogP contribution in [-0.2, 0) is 10.1 Å². The summed E-state index contributed by atoms with van der Waals surface area (Å²) in [4.78, 5) is 0. The van der Waals surface area contributed by atoms with Gasteiger partial charge in [0.2, 0.25) is 0 Å². The SMILES string of the molecule is O=S(=O)(O)C(F)(F)C(F)(F)C1CC2CC1CC2c1c(C2CCCCC2)cc(C2CCCCC2)cc1C1CCCCC1. The summed E-state index contributed by atoms with van der Waals surface area (Å²) in [7, 11) is -6.22. The van der Waals surface area contributed by atoms with E-state index < -0.39 is 33.1 Å². The first kappa shape index (κ1) is 29.9. The van der Waals surface area contributed by atoms with Gasteiger partial charge in [-0.15, -0.1) is 0 Å². The monoisotopic (exact) mass is 598 g/mol. The van der Waals surface area contributed by atoms with Gasteiger partial charge in [-0.25, -0.2) is 0 Å². The predicted octanol–water partition coefficient (Wildman–Crippen LogP) is 10.1. The lowest BCUT2D eigenvalue weighted by Crippen LogP contribution is -2.53. The summed E-state index contributed by atoms with van der Waals surface area (Å²) in [5, 5.41) is -5.48. The van der Waals surface area contributed by atoms with Gasteiger partial charge in [-0.2, -0.15) is 26.0 Å². The highest BCUT2D eigenvalue weighted by Crippen LogP contribution is 2.64. The molecule has 41 heavy (non-hydrogen) atoms. The highest BCUT2D eigenvalue weighted by atomic mass is 32.2. The molecule has 3 nitrogen and oxygen atoms in total. The Morgan fingerprint density at radius 1 is 0.634 bits per heavy atom. The van der Waals surface area contributed by atoms with E-state index in [4.69, 9.17) is 4.55 Å². The zero-order chi connectivity index (χ0) is 29.0. The molecule has 5 fully saturated rings. The molecule has 0 spiro atoms. The topological polar surface area (TPSA) is 54.4 Å². The van der Waals surface area contributed by atoms with Crippen molar-refractivity contribution in [3.8, 4) is 0 Å². The average Bonchev–Trinajstić information content (AvgIpc) is 3.59. The highest BCUT2D eigenvalue weighted by Gasteiger charge is 2.72. The Morgan fingerprint density at radius 3 is 1.51 bits per heavy atom. The van der Waals surface area contributed by atoms with Crippen LogP contribution in [0.2, 0.25) is 0 Å². The van der Waals surface area contributed by atoms with Crippen molar-refractivity contribution in [3.63, 3.8) is 0 Å². The van der Waals surface area contributed by atoms with Gasteiger partial charge in [0.05, 0.1) is 0 Å². The molecule has 4 atom stereocenters. The van der Waals surface area contributed by atoms with Gasteiger partial charge in [-0.05, 0) is 116 Å². The minimum Gasteiger partial charge on any atom is -0.281 e. The zero-order valence-corrected chi connectivity index (χ0v) is 24.9. The summed E-state index contributed by atoms with van der Waals surface area (Å²) in [5.41, 5.74) is 5.68. The largest absolute Gasteiger partial charge is 0.431 e. The Kier molecular flexibility index (Phi) is 8.32. The van der Waals surface area contributed by atoms with Gasteiger partial charge in [0.25, 0.3) is 0 Å². The van der Waals surface area contributed by atoms with Gasteiger partial charge >= 0.3 is 21.3 Å². The fourth-order valence-corrected chi connectivity index (χ4v) is 10.3. The van der Waals surface area contributed by atoms with Crippen LogP contribution in [0.3, 0.4) is 0 Å². The molecule has 6 rings (SSSR count). The Labute approximate surface area is 243 Å². The molecule has 0 aliphatic heterocycles. The van der Waals surface area contributed by atoms with Crippen LogP contribution in [0.5, 0.6) is 0 Å². The van der Waals surface area contributed by atoms with E-state index in [-0.39, 0.29) is 18.3 Å². The molecule has 5 aliphatic carbocycles. The van der Waals surface area contributed by atoms with Gasteiger partial charge in [0.1, 0.15) is 0 Å². The number of halogens is 4. The molecule has 4 unspecified atom stereocenters.